The van der Waals surface area contributed by atoms with Gasteiger partial charge in [0.2, 0.25) is 5.88 Å². The topological polar surface area (TPSA) is 75.5 Å². The highest BCUT2D eigenvalue weighted by Gasteiger charge is 2.18. The molecule has 0 fully saturated rings. The number of nitrogens with zero attached hydrogens (tertiary/aromatic N) is 3. The number of aromatic nitrogens is 2. The monoisotopic (exact) mass is 225 g/mol. The van der Waals surface area contributed by atoms with Crippen molar-refractivity contribution in [2.24, 2.45) is 0 Å². The Balaban J connectivity index is 2.86. The maximum atomic E-state index is 10.8. The highest BCUT2D eigenvalue weighted by atomic mass is 16.5. The molecule has 0 bridgehead atoms. The van der Waals surface area contributed by atoms with Gasteiger partial charge in [0, 0.05) is 13.1 Å². The summed E-state index contributed by atoms with van der Waals surface area (Å²) in [5, 5.41) is 8.87. The number of ether oxygens (including phenoxy) is 1. The Morgan fingerprint density at radius 3 is 2.88 bits per heavy atom. The van der Waals surface area contributed by atoms with E-state index in [4.69, 9.17) is 9.84 Å². The van der Waals surface area contributed by atoms with Crippen LogP contribution in [0.15, 0.2) is 12.4 Å². The third kappa shape index (κ3) is 2.82. The normalized spacial score (nSPS) is 11.9. The molecule has 0 aliphatic heterocycles. The maximum Gasteiger partial charge on any atom is 0.326 e. The second kappa shape index (κ2) is 5.29. The van der Waals surface area contributed by atoms with Crippen molar-refractivity contribution in [3.63, 3.8) is 0 Å². The molecule has 1 aromatic rings. The number of carbonyl (C=O) groups is 1. The molecule has 6 nitrogen and oxygen atoms in total. The van der Waals surface area contributed by atoms with Gasteiger partial charge in [-0.25, -0.2) is 14.8 Å². The molecule has 6 heteroatoms. The van der Waals surface area contributed by atoms with Gasteiger partial charge in [-0.2, -0.15) is 0 Å². The first-order valence-electron chi connectivity index (χ1n) is 4.96. The molecule has 1 aromatic heterocycles. The molecule has 0 aromatic carbocycles. The first kappa shape index (κ1) is 12.2. The van der Waals surface area contributed by atoms with Crippen molar-refractivity contribution in [3.8, 4) is 5.88 Å². The van der Waals surface area contributed by atoms with Gasteiger partial charge in [-0.3, -0.25) is 0 Å². The Hall–Kier alpha value is -1.85. The van der Waals surface area contributed by atoms with Crippen LogP contribution in [0.25, 0.3) is 0 Å². The fourth-order valence-corrected chi connectivity index (χ4v) is 1.11. The molecular formula is C10H15N3O3. The van der Waals surface area contributed by atoms with Crippen molar-refractivity contribution >= 4 is 11.8 Å². The first-order chi connectivity index (χ1) is 7.56. The summed E-state index contributed by atoms with van der Waals surface area (Å²) in [4.78, 5) is 20.3. The van der Waals surface area contributed by atoms with Crippen LogP contribution in [0.4, 0.5) is 5.82 Å². The molecule has 0 saturated carbocycles. The van der Waals surface area contributed by atoms with Gasteiger partial charge in [0.15, 0.2) is 0 Å². The summed E-state index contributed by atoms with van der Waals surface area (Å²) in [6, 6.07) is 0.965. The van der Waals surface area contributed by atoms with Crippen LogP contribution in [0.2, 0.25) is 0 Å². The van der Waals surface area contributed by atoms with Crippen molar-refractivity contribution in [2.45, 2.75) is 19.9 Å². The third-order valence-electron chi connectivity index (χ3n) is 2.22. The molecule has 0 saturated heterocycles. The van der Waals surface area contributed by atoms with E-state index in [0.717, 1.165) is 0 Å². The van der Waals surface area contributed by atoms with Gasteiger partial charge < -0.3 is 14.7 Å². The Bertz CT molecular complexity index is 370. The summed E-state index contributed by atoms with van der Waals surface area (Å²) in [7, 11) is 1.66. The summed E-state index contributed by atoms with van der Waals surface area (Å²) >= 11 is 0. The number of anilines is 1. The molecule has 1 heterocycles. The summed E-state index contributed by atoms with van der Waals surface area (Å²) in [6.07, 6.45) is 1.35. The Morgan fingerprint density at radius 1 is 1.62 bits per heavy atom. The van der Waals surface area contributed by atoms with Crippen LogP contribution in [-0.2, 0) is 4.79 Å². The van der Waals surface area contributed by atoms with E-state index in [1.165, 1.54) is 6.33 Å². The molecule has 88 valence electrons. The van der Waals surface area contributed by atoms with Crippen LogP contribution in [0.3, 0.4) is 0 Å². The standard InChI is InChI=1S/C10H15N3O3/c1-4-16-9-5-8(11-6-12-9)13(3)7(2)10(14)15/h5-7H,4H2,1-3H3,(H,14,15). The maximum absolute atomic E-state index is 10.8. The highest BCUT2D eigenvalue weighted by molar-refractivity contribution is 5.76. The van der Waals surface area contributed by atoms with Crippen molar-refractivity contribution in [3.05, 3.63) is 12.4 Å². The van der Waals surface area contributed by atoms with Crippen LogP contribution < -0.4 is 9.64 Å². The highest BCUT2D eigenvalue weighted by Crippen LogP contribution is 2.16. The Labute approximate surface area is 93.9 Å². The fraction of sp³-hybridized carbons (Fsp3) is 0.500. The number of carboxylic acids is 1. The molecule has 0 aliphatic carbocycles. The second-order valence-electron chi connectivity index (χ2n) is 3.27. The molecule has 0 spiro atoms. The lowest BCUT2D eigenvalue weighted by atomic mass is 10.3. The van der Waals surface area contributed by atoms with Gasteiger partial charge in [-0.1, -0.05) is 0 Å². The number of likely N-dealkylation sites (N-methyl/N-ethyl adjacent to an activating group) is 1. The van der Waals surface area contributed by atoms with E-state index in [0.29, 0.717) is 18.3 Å². The van der Waals surface area contributed by atoms with Crippen LogP contribution in [-0.4, -0.2) is 40.7 Å². The number of hydrogen-bond acceptors (Lipinski definition) is 5. The molecule has 16 heavy (non-hydrogen) atoms. The minimum Gasteiger partial charge on any atom is -0.480 e. The predicted octanol–water partition coefficient (Wildman–Crippen LogP) is 0.785. The smallest absolute Gasteiger partial charge is 0.326 e. The minimum absolute atomic E-state index is 0.442. The average molecular weight is 225 g/mol. The van der Waals surface area contributed by atoms with Crippen LogP contribution in [0.1, 0.15) is 13.8 Å². The minimum atomic E-state index is -0.904. The molecule has 0 aliphatic rings. The zero-order valence-electron chi connectivity index (χ0n) is 9.54. The predicted molar refractivity (Wildman–Crippen MR) is 58.7 cm³/mol. The van der Waals surface area contributed by atoms with Gasteiger partial charge >= 0.3 is 5.97 Å². The van der Waals surface area contributed by atoms with E-state index in [1.807, 2.05) is 6.92 Å². The van der Waals surface area contributed by atoms with Crippen LogP contribution >= 0.6 is 0 Å². The lowest BCUT2D eigenvalue weighted by Crippen LogP contribution is -2.36. The second-order valence-corrected chi connectivity index (χ2v) is 3.27. The number of carboxylic acid groups (broad SMARTS) is 1. The summed E-state index contributed by atoms with van der Waals surface area (Å²) in [5.74, 6) is 0.0596. The summed E-state index contributed by atoms with van der Waals surface area (Å²) in [6.45, 7) is 3.95. The van der Waals surface area contributed by atoms with E-state index < -0.39 is 12.0 Å². The molecule has 1 N–H and O–H groups in total. The quantitative estimate of drug-likeness (QED) is 0.798. The zero-order valence-corrected chi connectivity index (χ0v) is 9.54. The van der Waals surface area contributed by atoms with E-state index in [-0.39, 0.29) is 0 Å². The molecule has 1 unspecified atom stereocenters. The molecule has 1 rings (SSSR count). The van der Waals surface area contributed by atoms with Gasteiger partial charge in [0.1, 0.15) is 18.2 Å². The van der Waals surface area contributed by atoms with E-state index in [2.05, 4.69) is 9.97 Å². The molecule has 0 amide bonds. The number of aliphatic carboxylic acids is 1. The Kier molecular flexibility index (Phi) is 4.04. The average Bonchev–Trinajstić information content (AvgIpc) is 2.28. The van der Waals surface area contributed by atoms with Crippen molar-refractivity contribution in [1.29, 1.82) is 0 Å². The SMILES string of the molecule is CCOc1cc(N(C)C(C)C(=O)O)ncn1. The van der Waals surface area contributed by atoms with Crippen molar-refractivity contribution < 1.29 is 14.6 Å². The Morgan fingerprint density at radius 2 is 2.31 bits per heavy atom. The molecule has 1 atom stereocenters. The van der Waals surface area contributed by atoms with Gasteiger partial charge in [-0.15, -0.1) is 0 Å². The lowest BCUT2D eigenvalue weighted by Gasteiger charge is -2.22. The fourth-order valence-electron chi connectivity index (χ4n) is 1.11. The van der Waals surface area contributed by atoms with Crippen molar-refractivity contribution in [1.82, 2.24) is 9.97 Å². The van der Waals surface area contributed by atoms with Crippen molar-refractivity contribution in [2.75, 3.05) is 18.6 Å². The van der Waals surface area contributed by atoms with Crippen LogP contribution in [0, 0.1) is 0 Å². The summed E-state index contributed by atoms with van der Waals surface area (Å²) < 4.78 is 5.21. The largest absolute Gasteiger partial charge is 0.480 e. The van der Waals surface area contributed by atoms with E-state index in [9.17, 15) is 4.79 Å². The number of rotatable bonds is 5. The van der Waals surface area contributed by atoms with Gasteiger partial charge in [-0.05, 0) is 13.8 Å². The molecule has 0 radical (unpaired) electrons. The zero-order chi connectivity index (χ0) is 12.1. The third-order valence-corrected chi connectivity index (χ3v) is 2.22. The van der Waals surface area contributed by atoms with E-state index in [1.54, 1.807) is 24.9 Å². The summed E-state index contributed by atoms with van der Waals surface area (Å²) in [5.41, 5.74) is 0. The van der Waals surface area contributed by atoms with E-state index >= 15 is 0 Å². The van der Waals surface area contributed by atoms with Crippen LogP contribution in [0.5, 0.6) is 5.88 Å². The van der Waals surface area contributed by atoms with Gasteiger partial charge in [0.05, 0.1) is 6.61 Å². The molecular weight excluding hydrogens is 210 g/mol. The van der Waals surface area contributed by atoms with Gasteiger partial charge in [0.25, 0.3) is 0 Å². The first-order valence-corrected chi connectivity index (χ1v) is 4.96. The number of hydrogen-bond donors (Lipinski definition) is 1. The lowest BCUT2D eigenvalue weighted by molar-refractivity contribution is -0.138.